The van der Waals surface area contributed by atoms with Gasteiger partial charge < -0.3 is 20.5 Å². The van der Waals surface area contributed by atoms with Gasteiger partial charge in [0.2, 0.25) is 5.82 Å². The molecule has 9 heteroatoms. The van der Waals surface area contributed by atoms with E-state index < -0.39 is 35.5 Å². The van der Waals surface area contributed by atoms with Crippen molar-refractivity contribution in [2.24, 2.45) is 11.7 Å². The minimum atomic E-state index is -1.11. The molecular formula is C20H21F2N3O4. The van der Waals surface area contributed by atoms with E-state index in [2.05, 4.69) is 10.3 Å². The lowest BCUT2D eigenvalue weighted by atomic mass is 9.82. The topological polar surface area (TPSA) is 104 Å². The molecule has 4 atom stereocenters. The van der Waals surface area contributed by atoms with E-state index in [9.17, 15) is 18.4 Å². The molecule has 7 nitrogen and oxygen atoms in total. The summed E-state index contributed by atoms with van der Waals surface area (Å²) in [6.07, 6.45) is 0.0444. The van der Waals surface area contributed by atoms with Gasteiger partial charge in [0.15, 0.2) is 11.6 Å². The molecule has 0 radical (unpaired) electrons. The Bertz CT molecular complexity index is 953. The number of pyridine rings is 1. The first-order chi connectivity index (χ1) is 13.7. The highest BCUT2D eigenvalue weighted by Crippen LogP contribution is 2.44. The second kappa shape index (κ2) is 8.12. The van der Waals surface area contributed by atoms with E-state index in [0.717, 1.165) is 6.07 Å². The highest BCUT2D eigenvalue weighted by atomic mass is 19.2. The van der Waals surface area contributed by atoms with Crippen LogP contribution in [0.3, 0.4) is 0 Å². The van der Waals surface area contributed by atoms with E-state index >= 15 is 0 Å². The van der Waals surface area contributed by atoms with Crippen molar-refractivity contribution in [1.82, 2.24) is 4.98 Å². The number of carbonyl (C=O) groups is 2. The number of hydrogen-bond donors (Lipinski definition) is 2. The highest BCUT2D eigenvalue weighted by Gasteiger charge is 2.46. The molecule has 2 aromatic rings. The third-order valence-corrected chi connectivity index (χ3v) is 5.18. The summed E-state index contributed by atoms with van der Waals surface area (Å²) < 4.78 is 38.8. The minimum Gasteiger partial charge on any atom is -0.493 e. The zero-order valence-electron chi connectivity index (χ0n) is 16.1. The van der Waals surface area contributed by atoms with Gasteiger partial charge in [-0.3, -0.25) is 14.6 Å². The Morgan fingerprint density at radius 3 is 2.62 bits per heavy atom. The molecule has 2 heterocycles. The first kappa shape index (κ1) is 20.7. The van der Waals surface area contributed by atoms with Crippen LogP contribution in [0.2, 0.25) is 0 Å². The molecule has 154 valence electrons. The predicted octanol–water partition coefficient (Wildman–Crippen LogP) is 2.61. The van der Waals surface area contributed by atoms with Crippen LogP contribution in [0, 0.1) is 17.6 Å². The van der Waals surface area contributed by atoms with Crippen LogP contribution >= 0.6 is 0 Å². The fourth-order valence-corrected chi connectivity index (χ4v) is 3.55. The monoisotopic (exact) mass is 405 g/mol. The van der Waals surface area contributed by atoms with Crippen LogP contribution in [0.1, 0.15) is 35.8 Å². The van der Waals surface area contributed by atoms with Crippen molar-refractivity contribution < 1.29 is 27.8 Å². The lowest BCUT2D eigenvalue weighted by Gasteiger charge is -2.23. The maximum atomic E-state index is 14.2. The minimum absolute atomic E-state index is 0.00398. The Hall–Kier alpha value is -3.07. The van der Waals surface area contributed by atoms with Gasteiger partial charge >= 0.3 is 0 Å². The summed E-state index contributed by atoms with van der Waals surface area (Å²) in [6.45, 7) is 3.66. The van der Waals surface area contributed by atoms with Crippen molar-refractivity contribution in [2.45, 2.75) is 32.0 Å². The molecule has 0 saturated carbocycles. The number of methoxy groups -OCH3 is 1. The third kappa shape index (κ3) is 3.91. The number of nitrogens with zero attached hydrogens (tertiary/aromatic N) is 1. The Morgan fingerprint density at radius 2 is 1.97 bits per heavy atom. The molecule has 1 aromatic carbocycles. The number of amides is 2. The number of primary amides is 1. The molecule has 1 aromatic heterocycles. The molecule has 1 fully saturated rings. The fraction of sp³-hybridized carbons (Fsp3) is 0.350. The normalized spacial score (nSPS) is 23.6. The van der Waals surface area contributed by atoms with Gasteiger partial charge in [-0.1, -0.05) is 13.0 Å². The maximum Gasteiger partial charge on any atom is 0.267 e. The molecule has 0 unspecified atom stereocenters. The Kier molecular flexibility index (Phi) is 5.78. The number of nitrogens with one attached hydrogen (secondary N) is 1. The van der Waals surface area contributed by atoms with Crippen LogP contribution < -0.4 is 15.8 Å². The molecule has 3 rings (SSSR count). The molecule has 1 saturated heterocycles. The maximum absolute atomic E-state index is 14.2. The standard InChI is InChI=1S/C20H21F2N3O4/c1-9-10(2)29-18(15(9)12-4-5-13(21)16(22)17(12)28-3)20(27)25-11-6-7-24-14(8-11)19(23)26/h4-10,15,18H,1-3H3,(H2,23,26)(H,24,25,27)/t9-,10+,15+,18-/m1/s1. The largest absolute Gasteiger partial charge is 0.493 e. The predicted molar refractivity (Wildman–Crippen MR) is 101 cm³/mol. The van der Waals surface area contributed by atoms with Gasteiger partial charge in [-0.2, -0.15) is 4.39 Å². The van der Waals surface area contributed by atoms with E-state index in [1.54, 1.807) is 6.92 Å². The second-order valence-corrected chi connectivity index (χ2v) is 6.91. The molecule has 3 N–H and O–H groups in total. The summed E-state index contributed by atoms with van der Waals surface area (Å²) in [4.78, 5) is 28.1. The van der Waals surface area contributed by atoms with Crippen molar-refractivity contribution in [3.05, 3.63) is 53.4 Å². The summed E-state index contributed by atoms with van der Waals surface area (Å²) in [5, 5.41) is 2.66. The van der Waals surface area contributed by atoms with Gasteiger partial charge in [-0.25, -0.2) is 4.39 Å². The Labute approximate surface area is 166 Å². The van der Waals surface area contributed by atoms with Crippen LogP contribution in [0.4, 0.5) is 14.5 Å². The number of benzene rings is 1. The van der Waals surface area contributed by atoms with Gasteiger partial charge in [0.1, 0.15) is 11.8 Å². The van der Waals surface area contributed by atoms with Crippen molar-refractivity contribution in [3.63, 3.8) is 0 Å². The van der Waals surface area contributed by atoms with Crippen molar-refractivity contribution in [1.29, 1.82) is 0 Å². The van der Waals surface area contributed by atoms with Crippen molar-refractivity contribution in [2.75, 3.05) is 12.4 Å². The molecule has 29 heavy (non-hydrogen) atoms. The van der Waals surface area contributed by atoms with Gasteiger partial charge in [-0.15, -0.1) is 0 Å². The summed E-state index contributed by atoms with van der Waals surface area (Å²) in [6, 6.07) is 5.24. The van der Waals surface area contributed by atoms with Crippen LogP contribution in [0.25, 0.3) is 0 Å². The second-order valence-electron chi connectivity index (χ2n) is 6.91. The summed E-state index contributed by atoms with van der Waals surface area (Å²) in [7, 11) is 1.24. The van der Waals surface area contributed by atoms with Crippen LogP contribution in [-0.2, 0) is 9.53 Å². The fourth-order valence-electron chi connectivity index (χ4n) is 3.55. The number of anilines is 1. The lowest BCUT2D eigenvalue weighted by molar-refractivity contribution is -0.127. The van der Waals surface area contributed by atoms with Crippen LogP contribution in [-0.4, -0.2) is 36.1 Å². The number of hydrogen-bond acceptors (Lipinski definition) is 5. The summed E-state index contributed by atoms with van der Waals surface area (Å²) in [5.41, 5.74) is 5.86. The van der Waals surface area contributed by atoms with E-state index in [0.29, 0.717) is 11.3 Å². The SMILES string of the molecule is COc1c([C@@H]2[C@H](C)[C@H](C)O[C@H]2C(=O)Nc2ccnc(C(N)=O)c2)ccc(F)c1F. The smallest absolute Gasteiger partial charge is 0.267 e. The lowest BCUT2D eigenvalue weighted by Crippen LogP contribution is -2.33. The highest BCUT2D eigenvalue weighted by molar-refractivity contribution is 5.97. The summed E-state index contributed by atoms with van der Waals surface area (Å²) >= 11 is 0. The zero-order chi connectivity index (χ0) is 21.3. The Morgan fingerprint density at radius 1 is 1.24 bits per heavy atom. The zero-order valence-corrected chi connectivity index (χ0v) is 16.1. The van der Waals surface area contributed by atoms with Gasteiger partial charge in [0.05, 0.1) is 13.2 Å². The van der Waals surface area contributed by atoms with E-state index in [4.69, 9.17) is 15.2 Å². The third-order valence-electron chi connectivity index (χ3n) is 5.18. The van der Waals surface area contributed by atoms with Gasteiger partial charge in [0.25, 0.3) is 11.8 Å². The first-order valence-corrected chi connectivity index (χ1v) is 8.98. The van der Waals surface area contributed by atoms with E-state index in [1.807, 2.05) is 6.92 Å². The number of aromatic nitrogens is 1. The van der Waals surface area contributed by atoms with E-state index in [1.165, 1.54) is 31.5 Å². The number of carbonyl (C=O) groups excluding carboxylic acids is 2. The molecule has 2 amide bonds. The first-order valence-electron chi connectivity index (χ1n) is 8.98. The molecular weight excluding hydrogens is 384 g/mol. The number of rotatable bonds is 5. The van der Waals surface area contributed by atoms with E-state index in [-0.39, 0.29) is 23.5 Å². The Balaban J connectivity index is 1.94. The number of nitrogens with two attached hydrogens (primary N) is 1. The average Bonchev–Trinajstić information content (AvgIpc) is 2.99. The molecule has 0 spiro atoms. The summed E-state index contributed by atoms with van der Waals surface area (Å²) in [5.74, 6) is -4.39. The van der Waals surface area contributed by atoms with Gasteiger partial charge in [0, 0.05) is 23.4 Å². The van der Waals surface area contributed by atoms with Crippen LogP contribution in [0.5, 0.6) is 5.75 Å². The van der Waals surface area contributed by atoms with Crippen molar-refractivity contribution >= 4 is 17.5 Å². The molecule has 1 aliphatic rings. The molecule has 0 bridgehead atoms. The number of ether oxygens (including phenoxy) is 2. The van der Waals surface area contributed by atoms with Crippen molar-refractivity contribution in [3.8, 4) is 5.75 Å². The number of halogens is 2. The van der Waals surface area contributed by atoms with Gasteiger partial charge in [-0.05, 0) is 31.0 Å². The molecule has 0 aliphatic carbocycles. The quantitative estimate of drug-likeness (QED) is 0.796. The van der Waals surface area contributed by atoms with Crippen LogP contribution in [0.15, 0.2) is 30.5 Å². The molecule has 1 aliphatic heterocycles. The average molecular weight is 405 g/mol.